The summed E-state index contributed by atoms with van der Waals surface area (Å²) in [4.78, 5) is 18.9. The first kappa shape index (κ1) is 18.3. The van der Waals surface area contributed by atoms with E-state index in [2.05, 4.69) is 34.7 Å². The fourth-order valence-corrected chi connectivity index (χ4v) is 4.12. The summed E-state index contributed by atoms with van der Waals surface area (Å²) in [6, 6.07) is 10.2. The number of ether oxygens (including phenoxy) is 2. The van der Waals surface area contributed by atoms with Crippen LogP contribution in [0.3, 0.4) is 0 Å². The molecule has 0 aliphatic carbocycles. The SMILES string of the molecule is C[C@H]1CN(c2cc(N3CCOCC3)nc(-n3cnc4ccccc43)n2)C[C@H](C)O1. The summed E-state index contributed by atoms with van der Waals surface area (Å²) >= 11 is 0. The molecule has 1 aromatic carbocycles. The lowest BCUT2D eigenvalue weighted by Crippen LogP contribution is -2.46. The second-order valence-electron chi connectivity index (χ2n) is 7.75. The molecule has 2 fully saturated rings. The van der Waals surface area contributed by atoms with Crippen LogP contribution in [0.1, 0.15) is 13.8 Å². The minimum absolute atomic E-state index is 0.165. The van der Waals surface area contributed by atoms with Crippen molar-refractivity contribution < 1.29 is 9.47 Å². The highest BCUT2D eigenvalue weighted by atomic mass is 16.5. The van der Waals surface area contributed by atoms with Crippen LogP contribution in [0.25, 0.3) is 17.0 Å². The van der Waals surface area contributed by atoms with E-state index in [-0.39, 0.29) is 12.2 Å². The average molecular weight is 394 g/mol. The van der Waals surface area contributed by atoms with Crippen LogP contribution in [-0.2, 0) is 9.47 Å². The van der Waals surface area contributed by atoms with Gasteiger partial charge in [-0.05, 0) is 26.0 Å². The summed E-state index contributed by atoms with van der Waals surface area (Å²) < 4.78 is 13.4. The first-order valence-electron chi connectivity index (χ1n) is 10.2. The van der Waals surface area contributed by atoms with Crippen LogP contribution < -0.4 is 9.80 Å². The van der Waals surface area contributed by atoms with Gasteiger partial charge in [-0.1, -0.05) is 12.1 Å². The van der Waals surface area contributed by atoms with Gasteiger partial charge in [-0.15, -0.1) is 0 Å². The molecule has 0 amide bonds. The van der Waals surface area contributed by atoms with E-state index in [1.165, 1.54) is 0 Å². The van der Waals surface area contributed by atoms with E-state index >= 15 is 0 Å². The van der Waals surface area contributed by atoms with Crippen LogP contribution in [-0.4, -0.2) is 71.1 Å². The summed E-state index contributed by atoms with van der Waals surface area (Å²) in [6.45, 7) is 8.94. The fraction of sp³-hybridized carbons (Fsp3) is 0.476. The topological polar surface area (TPSA) is 68.5 Å². The average Bonchev–Trinajstić information content (AvgIpc) is 3.18. The molecule has 0 spiro atoms. The van der Waals surface area contributed by atoms with Gasteiger partial charge in [-0.3, -0.25) is 4.57 Å². The summed E-state index contributed by atoms with van der Waals surface area (Å²) in [5.41, 5.74) is 1.93. The summed E-state index contributed by atoms with van der Waals surface area (Å²) in [5, 5.41) is 0. The van der Waals surface area contributed by atoms with E-state index in [9.17, 15) is 0 Å². The Morgan fingerprint density at radius 3 is 2.38 bits per heavy atom. The van der Waals surface area contributed by atoms with Crippen molar-refractivity contribution in [2.24, 2.45) is 0 Å². The number of hydrogen-bond donors (Lipinski definition) is 0. The number of benzene rings is 1. The van der Waals surface area contributed by atoms with Crippen LogP contribution in [0.15, 0.2) is 36.7 Å². The molecule has 2 aliphatic heterocycles. The Balaban J connectivity index is 1.60. The van der Waals surface area contributed by atoms with Crippen molar-refractivity contribution >= 4 is 22.7 Å². The number of nitrogens with zero attached hydrogens (tertiary/aromatic N) is 6. The summed E-state index contributed by atoms with van der Waals surface area (Å²) in [7, 11) is 0. The normalized spacial score (nSPS) is 23.0. The van der Waals surface area contributed by atoms with Crippen molar-refractivity contribution in [2.75, 3.05) is 49.2 Å². The van der Waals surface area contributed by atoms with Gasteiger partial charge in [-0.25, -0.2) is 4.98 Å². The molecule has 5 rings (SSSR count). The Bertz CT molecular complexity index is 990. The molecule has 152 valence electrons. The molecule has 2 aliphatic rings. The Hall–Kier alpha value is -2.71. The molecule has 8 heteroatoms. The zero-order valence-corrected chi connectivity index (χ0v) is 16.9. The van der Waals surface area contributed by atoms with Crippen LogP contribution in [0, 0.1) is 0 Å². The number of hydrogen-bond acceptors (Lipinski definition) is 7. The van der Waals surface area contributed by atoms with Crippen molar-refractivity contribution in [2.45, 2.75) is 26.1 Å². The Morgan fingerprint density at radius 1 is 0.931 bits per heavy atom. The monoisotopic (exact) mass is 394 g/mol. The van der Waals surface area contributed by atoms with Crippen LogP contribution >= 0.6 is 0 Å². The third-order valence-electron chi connectivity index (χ3n) is 5.44. The second kappa shape index (κ2) is 7.61. The Morgan fingerprint density at radius 2 is 1.62 bits per heavy atom. The minimum atomic E-state index is 0.165. The van der Waals surface area contributed by atoms with Crippen LogP contribution in [0.2, 0.25) is 0 Å². The van der Waals surface area contributed by atoms with Crippen molar-refractivity contribution in [1.82, 2.24) is 19.5 Å². The molecule has 0 saturated carbocycles. The number of morpholine rings is 2. The molecule has 0 bridgehead atoms. The van der Waals surface area contributed by atoms with Crippen LogP contribution in [0.5, 0.6) is 0 Å². The molecule has 0 radical (unpaired) electrons. The highest BCUT2D eigenvalue weighted by Crippen LogP contribution is 2.26. The minimum Gasteiger partial charge on any atom is -0.378 e. The number of anilines is 2. The van der Waals surface area contributed by atoms with Gasteiger partial charge in [0.1, 0.15) is 18.0 Å². The maximum atomic E-state index is 5.92. The predicted octanol–water partition coefficient (Wildman–Crippen LogP) is 2.27. The molecule has 3 aromatic rings. The molecule has 2 atom stereocenters. The van der Waals surface area contributed by atoms with Gasteiger partial charge in [0.2, 0.25) is 5.95 Å². The molecule has 8 nitrogen and oxygen atoms in total. The number of aromatic nitrogens is 4. The summed E-state index contributed by atoms with van der Waals surface area (Å²) in [5.74, 6) is 2.50. The van der Waals surface area contributed by atoms with Crippen LogP contribution in [0.4, 0.5) is 11.6 Å². The Kier molecular flexibility index (Phi) is 4.81. The largest absolute Gasteiger partial charge is 0.378 e. The van der Waals surface area contributed by atoms with Gasteiger partial charge < -0.3 is 19.3 Å². The molecule has 0 unspecified atom stereocenters. The van der Waals surface area contributed by atoms with E-state index in [0.29, 0.717) is 19.2 Å². The molecular weight excluding hydrogens is 368 g/mol. The third kappa shape index (κ3) is 3.65. The summed E-state index contributed by atoms with van der Waals surface area (Å²) in [6.07, 6.45) is 2.13. The maximum Gasteiger partial charge on any atom is 0.239 e. The van der Waals surface area contributed by atoms with E-state index in [1.807, 2.05) is 28.8 Å². The smallest absolute Gasteiger partial charge is 0.239 e. The Labute approximate surface area is 170 Å². The van der Waals surface area contributed by atoms with E-state index in [4.69, 9.17) is 19.4 Å². The lowest BCUT2D eigenvalue weighted by molar-refractivity contribution is -0.00546. The maximum absolute atomic E-state index is 5.92. The number of fused-ring (bicyclic) bond motifs is 1. The lowest BCUT2D eigenvalue weighted by Gasteiger charge is -2.36. The first-order valence-corrected chi connectivity index (χ1v) is 10.2. The lowest BCUT2D eigenvalue weighted by atomic mass is 10.2. The van der Waals surface area contributed by atoms with Crippen molar-refractivity contribution in [3.63, 3.8) is 0 Å². The van der Waals surface area contributed by atoms with Crippen molar-refractivity contribution in [3.05, 3.63) is 36.7 Å². The first-order chi connectivity index (χ1) is 14.2. The van der Waals surface area contributed by atoms with Gasteiger partial charge in [0.15, 0.2) is 0 Å². The molecular formula is C21H26N6O2. The molecule has 4 heterocycles. The van der Waals surface area contributed by atoms with Gasteiger partial charge in [0.25, 0.3) is 0 Å². The fourth-order valence-electron chi connectivity index (χ4n) is 4.12. The van der Waals surface area contributed by atoms with Crippen molar-refractivity contribution in [3.8, 4) is 5.95 Å². The highest BCUT2D eigenvalue weighted by molar-refractivity contribution is 5.76. The van der Waals surface area contributed by atoms with Gasteiger partial charge in [0.05, 0.1) is 36.5 Å². The van der Waals surface area contributed by atoms with E-state index in [1.54, 1.807) is 6.33 Å². The highest BCUT2D eigenvalue weighted by Gasteiger charge is 2.25. The number of rotatable bonds is 3. The quantitative estimate of drug-likeness (QED) is 0.675. The predicted molar refractivity (Wildman–Crippen MR) is 112 cm³/mol. The zero-order chi connectivity index (χ0) is 19.8. The second-order valence-corrected chi connectivity index (χ2v) is 7.75. The third-order valence-corrected chi connectivity index (χ3v) is 5.44. The van der Waals surface area contributed by atoms with E-state index in [0.717, 1.165) is 48.8 Å². The van der Waals surface area contributed by atoms with Crippen molar-refractivity contribution in [1.29, 1.82) is 0 Å². The molecule has 0 N–H and O–H groups in total. The van der Waals surface area contributed by atoms with E-state index < -0.39 is 0 Å². The standard InChI is InChI=1S/C21H26N6O2/c1-15-12-26(13-16(2)29-15)20-11-19(25-7-9-28-10-8-25)23-21(24-20)27-14-22-17-5-3-4-6-18(17)27/h3-6,11,14-16H,7-10,12-13H2,1-2H3/t15-,16-/m0/s1. The van der Waals surface area contributed by atoms with Gasteiger partial charge >= 0.3 is 0 Å². The molecule has 2 saturated heterocycles. The van der Waals surface area contributed by atoms with Gasteiger partial charge in [-0.2, -0.15) is 9.97 Å². The van der Waals surface area contributed by atoms with Gasteiger partial charge in [0, 0.05) is 32.2 Å². The molecule has 29 heavy (non-hydrogen) atoms. The zero-order valence-electron chi connectivity index (χ0n) is 16.9. The molecule has 2 aromatic heterocycles. The number of imidazole rings is 1. The number of para-hydroxylation sites is 2.